The van der Waals surface area contributed by atoms with Crippen LogP contribution in [0.1, 0.15) is 34.3 Å². The van der Waals surface area contributed by atoms with Crippen LogP contribution >= 0.6 is 0 Å². The molecule has 0 aromatic heterocycles. The third-order valence-corrected chi connectivity index (χ3v) is 7.20. The minimum absolute atomic E-state index is 0.118. The Morgan fingerprint density at radius 1 is 0.970 bits per heavy atom. The van der Waals surface area contributed by atoms with E-state index >= 15 is 0 Å². The van der Waals surface area contributed by atoms with Crippen LogP contribution in [0.25, 0.3) is 0 Å². The maximum absolute atomic E-state index is 12.7. The molecule has 8 heteroatoms. The van der Waals surface area contributed by atoms with Crippen molar-refractivity contribution in [3.63, 3.8) is 0 Å². The zero-order valence-corrected chi connectivity index (χ0v) is 18.9. The Morgan fingerprint density at radius 3 is 2.42 bits per heavy atom. The first kappa shape index (κ1) is 22.7. The predicted molar refractivity (Wildman–Crippen MR) is 127 cm³/mol. The molecule has 170 valence electrons. The van der Waals surface area contributed by atoms with E-state index in [1.54, 1.807) is 12.1 Å². The molecule has 0 bridgehead atoms. The van der Waals surface area contributed by atoms with Gasteiger partial charge in [-0.25, -0.2) is 13.8 Å². The number of amides is 1. The normalized spacial score (nSPS) is 14.4. The second-order valence-corrected chi connectivity index (χ2v) is 9.62. The molecule has 0 aliphatic carbocycles. The van der Waals surface area contributed by atoms with Crippen molar-refractivity contribution >= 4 is 22.1 Å². The fourth-order valence-electron chi connectivity index (χ4n) is 3.50. The van der Waals surface area contributed by atoms with E-state index in [9.17, 15) is 13.2 Å². The third-order valence-electron chi connectivity index (χ3n) is 5.31. The lowest BCUT2D eigenvalue weighted by Crippen LogP contribution is -2.28. The molecule has 0 unspecified atom stereocenters. The van der Waals surface area contributed by atoms with Crippen molar-refractivity contribution in [3.05, 3.63) is 95.6 Å². The van der Waals surface area contributed by atoms with E-state index in [2.05, 4.69) is 10.5 Å². The standard InChI is InChI=1S/C25H25N3O4S/c29-25(22-9-6-10-24(17-22)33(30,31)28-15-4-5-16-28)27-26-18-20-11-13-23(14-12-20)32-19-21-7-2-1-3-8-21/h1-3,6-14,17-18H,4-5,15-16,19H2,(H,27,29). The lowest BCUT2D eigenvalue weighted by molar-refractivity contribution is 0.0955. The van der Waals surface area contributed by atoms with E-state index in [0.29, 0.717) is 19.7 Å². The van der Waals surface area contributed by atoms with Crippen LogP contribution < -0.4 is 10.2 Å². The second kappa shape index (κ2) is 10.4. The van der Waals surface area contributed by atoms with Gasteiger partial charge >= 0.3 is 0 Å². The lowest BCUT2D eigenvalue weighted by Gasteiger charge is -2.15. The number of hydrogen-bond donors (Lipinski definition) is 1. The summed E-state index contributed by atoms with van der Waals surface area (Å²) < 4.78 is 32.6. The number of hydrogen-bond acceptors (Lipinski definition) is 5. The van der Waals surface area contributed by atoms with Crippen molar-refractivity contribution in [2.45, 2.75) is 24.3 Å². The average molecular weight is 464 g/mol. The van der Waals surface area contributed by atoms with Gasteiger partial charge in [-0.05, 0) is 66.4 Å². The van der Waals surface area contributed by atoms with Crippen molar-refractivity contribution in [3.8, 4) is 5.75 Å². The Hall–Kier alpha value is -3.49. The maximum Gasteiger partial charge on any atom is 0.271 e. The minimum atomic E-state index is -3.58. The number of sulfonamides is 1. The van der Waals surface area contributed by atoms with Crippen molar-refractivity contribution in [2.24, 2.45) is 5.10 Å². The van der Waals surface area contributed by atoms with Crippen molar-refractivity contribution in [1.82, 2.24) is 9.73 Å². The molecule has 1 heterocycles. The van der Waals surface area contributed by atoms with E-state index < -0.39 is 15.9 Å². The molecule has 0 radical (unpaired) electrons. The van der Waals surface area contributed by atoms with Gasteiger partial charge in [0.05, 0.1) is 11.1 Å². The predicted octanol–water partition coefficient (Wildman–Crippen LogP) is 3.81. The summed E-state index contributed by atoms with van der Waals surface area (Å²) in [7, 11) is -3.58. The van der Waals surface area contributed by atoms with Gasteiger partial charge in [-0.2, -0.15) is 9.41 Å². The van der Waals surface area contributed by atoms with Gasteiger partial charge in [-0.3, -0.25) is 4.79 Å². The van der Waals surface area contributed by atoms with E-state index in [4.69, 9.17) is 4.74 Å². The molecule has 0 atom stereocenters. The lowest BCUT2D eigenvalue weighted by atomic mass is 10.2. The molecule has 4 rings (SSSR count). The number of carbonyl (C=O) groups excluding carboxylic acids is 1. The molecule has 1 N–H and O–H groups in total. The number of carbonyl (C=O) groups is 1. The highest BCUT2D eigenvalue weighted by atomic mass is 32.2. The summed E-state index contributed by atoms with van der Waals surface area (Å²) in [6.45, 7) is 1.51. The number of ether oxygens (including phenoxy) is 1. The maximum atomic E-state index is 12.7. The Balaban J connectivity index is 1.33. The Kier molecular flexibility index (Phi) is 7.16. The molecule has 1 aliphatic rings. The minimum Gasteiger partial charge on any atom is -0.489 e. The van der Waals surface area contributed by atoms with Gasteiger partial charge in [0.15, 0.2) is 0 Å². The fourth-order valence-corrected chi connectivity index (χ4v) is 5.06. The molecule has 3 aromatic carbocycles. The smallest absolute Gasteiger partial charge is 0.271 e. The van der Waals surface area contributed by atoms with Crippen LogP contribution in [0.4, 0.5) is 0 Å². The molecular formula is C25H25N3O4S. The molecule has 1 aliphatic heterocycles. The fraction of sp³-hybridized carbons (Fsp3) is 0.200. The number of nitrogens with zero attached hydrogens (tertiary/aromatic N) is 2. The van der Waals surface area contributed by atoms with Crippen molar-refractivity contribution in [1.29, 1.82) is 0 Å². The quantitative estimate of drug-likeness (QED) is 0.406. The van der Waals surface area contributed by atoms with Crippen LogP contribution in [-0.4, -0.2) is 37.9 Å². The van der Waals surface area contributed by atoms with Crippen LogP contribution in [0, 0.1) is 0 Å². The highest BCUT2D eigenvalue weighted by Crippen LogP contribution is 2.21. The summed E-state index contributed by atoms with van der Waals surface area (Å²) in [5, 5.41) is 3.99. The Morgan fingerprint density at radius 2 is 1.70 bits per heavy atom. The second-order valence-electron chi connectivity index (χ2n) is 7.68. The Labute approximate surface area is 193 Å². The highest BCUT2D eigenvalue weighted by molar-refractivity contribution is 7.89. The van der Waals surface area contributed by atoms with Crippen molar-refractivity contribution < 1.29 is 17.9 Å². The SMILES string of the molecule is O=C(NN=Cc1ccc(OCc2ccccc2)cc1)c1cccc(S(=O)(=O)N2CCCC2)c1. The Bertz CT molecular complexity index is 1220. The summed E-state index contributed by atoms with van der Waals surface area (Å²) in [6.07, 6.45) is 3.23. The largest absolute Gasteiger partial charge is 0.489 e. The van der Waals surface area contributed by atoms with Crippen LogP contribution in [0.5, 0.6) is 5.75 Å². The van der Waals surface area contributed by atoms with E-state index in [1.807, 2.05) is 54.6 Å². The topological polar surface area (TPSA) is 88.1 Å². The number of benzene rings is 3. The first-order chi connectivity index (χ1) is 16.0. The van der Waals surface area contributed by atoms with Crippen LogP contribution in [0.2, 0.25) is 0 Å². The number of hydrazone groups is 1. The van der Waals surface area contributed by atoms with Crippen LogP contribution in [0.3, 0.4) is 0 Å². The van der Waals surface area contributed by atoms with Gasteiger partial charge in [0.2, 0.25) is 10.0 Å². The summed E-state index contributed by atoms with van der Waals surface area (Å²) >= 11 is 0. The molecule has 1 amide bonds. The van der Waals surface area contributed by atoms with Gasteiger partial charge in [-0.15, -0.1) is 0 Å². The van der Waals surface area contributed by atoms with E-state index in [-0.39, 0.29) is 10.5 Å². The summed E-state index contributed by atoms with van der Waals surface area (Å²) in [5.41, 5.74) is 4.55. The highest BCUT2D eigenvalue weighted by Gasteiger charge is 2.27. The van der Waals surface area contributed by atoms with Gasteiger partial charge in [0.1, 0.15) is 12.4 Å². The van der Waals surface area contributed by atoms with Crippen LogP contribution in [0.15, 0.2) is 88.9 Å². The number of nitrogens with one attached hydrogen (secondary N) is 1. The van der Waals surface area contributed by atoms with Gasteiger partial charge < -0.3 is 4.74 Å². The van der Waals surface area contributed by atoms with Crippen molar-refractivity contribution in [2.75, 3.05) is 13.1 Å². The van der Waals surface area contributed by atoms with Gasteiger partial charge in [-0.1, -0.05) is 36.4 Å². The monoisotopic (exact) mass is 463 g/mol. The molecule has 1 fully saturated rings. The van der Waals surface area contributed by atoms with Gasteiger partial charge in [0.25, 0.3) is 5.91 Å². The number of rotatable bonds is 8. The van der Waals surface area contributed by atoms with Gasteiger partial charge in [0, 0.05) is 18.7 Å². The molecule has 3 aromatic rings. The summed E-state index contributed by atoms with van der Waals surface area (Å²) in [4.78, 5) is 12.6. The average Bonchev–Trinajstić information content (AvgIpc) is 3.40. The zero-order valence-electron chi connectivity index (χ0n) is 18.1. The summed E-state index contributed by atoms with van der Waals surface area (Å²) in [5.74, 6) is 0.253. The molecule has 33 heavy (non-hydrogen) atoms. The zero-order chi connectivity index (χ0) is 23.1. The van der Waals surface area contributed by atoms with E-state index in [0.717, 1.165) is 29.7 Å². The van der Waals surface area contributed by atoms with Crippen LogP contribution in [-0.2, 0) is 16.6 Å². The summed E-state index contributed by atoms with van der Waals surface area (Å²) in [6, 6.07) is 23.3. The third kappa shape index (κ3) is 5.85. The molecule has 0 saturated carbocycles. The van der Waals surface area contributed by atoms with E-state index in [1.165, 1.54) is 22.7 Å². The first-order valence-corrected chi connectivity index (χ1v) is 12.2. The molecule has 1 saturated heterocycles. The molecule has 0 spiro atoms. The molecule has 7 nitrogen and oxygen atoms in total. The first-order valence-electron chi connectivity index (χ1n) is 10.7. The molecular weight excluding hydrogens is 438 g/mol.